The van der Waals surface area contributed by atoms with E-state index in [1.807, 2.05) is 24.3 Å². The van der Waals surface area contributed by atoms with E-state index in [0.29, 0.717) is 6.54 Å². The fraction of sp³-hybridized carbons (Fsp3) is 0.200. The van der Waals surface area contributed by atoms with E-state index in [2.05, 4.69) is 16.0 Å². The zero-order valence-electron chi connectivity index (χ0n) is 8.91. The highest BCUT2D eigenvalue weighted by Gasteiger charge is 2.23. The van der Waals surface area contributed by atoms with Gasteiger partial charge in [0.2, 0.25) is 13.8 Å². The van der Waals surface area contributed by atoms with Crippen molar-refractivity contribution in [2.24, 2.45) is 0 Å². The second-order valence-corrected chi connectivity index (χ2v) is 3.67. The number of carbonyl (C=O) groups excluding carboxylic acids is 2. The van der Waals surface area contributed by atoms with Gasteiger partial charge in [0, 0.05) is 6.54 Å². The SMILES string of the molecule is BC(=O)N[C@H]1CNc2ccccc2NC1=O. The maximum atomic E-state index is 11.7. The van der Waals surface area contributed by atoms with E-state index in [1.165, 1.54) is 7.85 Å². The minimum atomic E-state index is -0.537. The Morgan fingerprint density at radius 1 is 1.38 bits per heavy atom. The Morgan fingerprint density at radius 3 is 2.75 bits per heavy atom. The Kier molecular flexibility index (Phi) is 2.81. The van der Waals surface area contributed by atoms with Crippen LogP contribution in [0, 0.1) is 0 Å². The van der Waals surface area contributed by atoms with Crippen LogP contribution < -0.4 is 16.0 Å². The van der Waals surface area contributed by atoms with E-state index in [4.69, 9.17) is 0 Å². The Labute approximate surface area is 94.0 Å². The average Bonchev–Trinajstić information content (AvgIpc) is 2.39. The van der Waals surface area contributed by atoms with E-state index in [0.717, 1.165) is 11.4 Å². The van der Waals surface area contributed by atoms with Crippen LogP contribution in [0.1, 0.15) is 0 Å². The monoisotopic (exact) mass is 217 g/mol. The van der Waals surface area contributed by atoms with Gasteiger partial charge in [0.1, 0.15) is 6.04 Å². The van der Waals surface area contributed by atoms with E-state index >= 15 is 0 Å². The molecule has 5 nitrogen and oxygen atoms in total. The minimum absolute atomic E-state index is 0.201. The molecule has 0 fully saturated rings. The van der Waals surface area contributed by atoms with Crippen LogP contribution in [-0.4, -0.2) is 32.1 Å². The fourth-order valence-electron chi connectivity index (χ4n) is 1.63. The van der Waals surface area contributed by atoms with Crippen LogP contribution in [0.5, 0.6) is 0 Å². The largest absolute Gasteiger partial charge is 0.381 e. The molecule has 6 heteroatoms. The summed E-state index contributed by atoms with van der Waals surface area (Å²) in [5.74, 6) is -0.416. The molecule has 1 atom stereocenters. The van der Waals surface area contributed by atoms with E-state index in [9.17, 15) is 9.59 Å². The molecule has 1 aliphatic rings. The molecule has 1 aromatic rings. The Balaban J connectivity index is 2.18. The third-order valence-electron chi connectivity index (χ3n) is 2.38. The fourth-order valence-corrected chi connectivity index (χ4v) is 1.63. The maximum absolute atomic E-state index is 11.7. The lowest BCUT2D eigenvalue weighted by Gasteiger charge is -2.13. The smallest absolute Gasteiger partial charge is 0.248 e. The molecule has 1 aliphatic heterocycles. The zero-order chi connectivity index (χ0) is 11.5. The van der Waals surface area contributed by atoms with Crippen molar-refractivity contribution < 1.29 is 9.59 Å². The van der Waals surface area contributed by atoms with Crippen LogP contribution >= 0.6 is 0 Å². The molecule has 0 aliphatic carbocycles. The number of rotatable bonds is 1. The van der Waals surface area contributed by atoms with Gasteiger partial charge in [-0.2, -0.15) is 0 Å². The molecule has 0 saturated carbocycles. The Morgan fingerprint density at radius 2 is 2.06 bits per heavy atom. The van der Waals surface area contributed by atoms with Crippen molar-refractivity contribution >= 4 is 30.9 Å². The number of anilines is 2. The molecule has 1 aromatic carbocycles. The van der Waals surface area contributed by atoms with Crippen molar-refractivity contribution in [2.45, 2.75) is 6.04 Å². The first kappa shape index (κ1) is 10.5. The number of carbonyl (C=O) groups is 2. The highest BCUT2D eigenvalue weighted by atomic mass is 16.2. The third kappa shape index (κ3) is 2.16. The van der Waals surface area contributed by atoms with Gasteiger partial charge >= 0.3 is 0 Å². The van der Waals surface area contributed by atoms with Crippen LogP contribution in [0.25, 0.3) is 0 Å². The molecule has 0 radical (unpaired) electrons. The molecule has 3 N–H and O–H groups in total. The summed E-state index contributed by atoms with van der Waals surface area (Å²) >= 11 is 0. The summed E-state index contributed by atoms with van der Waals surface area (Å²) < 4.78 is 0. The predicted molar refractivity (Wildman–Crippen MR) is 64.4 cm³/mol. The molecule has 16 heavy (non-hydrogen) atoms. The molecular weight excluding hydrogens is 205 g/mol. The Hall–Kier alpha value is -1.98. The van der Waals surface area contributed by atoms with E-state index < -0.39 is 6.04 Å². The number of hydrogen-bond donors (Lipinski definition) is 3. The predicted octanol–water partition coefficient (Wildman–Crippen LogP) is -0.238. The Bertz CT molecular complexity index is 436. The minimum Gasteiger partial charge on any atom is -0.381 e. The number of fused-ring (bicyclic) bond motifs is 1. The number of para-hydroxylation sites is 2. The number of nitrogens with one attached hydrogen (secondary N) is 3. The topological polar surface area (TPSA) is 70.2 Å². The molecule has 2 amide bonds. The first-order valence-electron chi connectivity index (χ1n) is 5.07. The molecule has 0 saturated heterocycles. The van der Waals surface area contributed by atoms with Crippen LogP contribution in [0.4, 0.5) is 16.2 Å². The van der Waals surface area contributed by atoms with Gasteiger partial charge in [0.15, 0.2) is 5.81 Å². The molecule has 82 valence electrons. The molecule has 0 aromatic heterocycles. The second-order valence-electron chi connectivity index (χ2n) is 3.67. The number of amides is 2. The number of hydrogen-bond acceptors (Lipinski definition) is 3. The highest BCUT2D eigenvalue weighted by molar-refractivity contribution is 6.57. The summed E-state index contributed by atoms with van der Waals surface area (Å²) in [6.07, 6.45) is 0. The lowest BCUT2D eigenvalue weighted by Crippen LogP contribution is -2.46. The van der Waals surface area contributed by atoms with Gasteiger partial charge in [-0.1, -0.05) is 12.1 Å². The molecule has 0 unspecified atom stereocenters. The summed E-state index contributed by atoms with van der Waals surface area (Å²) in [5.41, 5.74) is 1.60. The van der Waals surface area contributed by atoms with Crippen LogP contribution in [-0.2, 0) is 4.79 Å². The van der Waals surface area contributed by atoms with Crippen molar-refractivity contribution in [3.05, 3.63) is 24.3 Å². The summed E-state index contributed by atoms with van der Waals surface area (Å²) in [7, 11) is 1.39. The summed E-state index contributed by atoms with van der Waals surface area (Å²) in [6, 6.07) is 6.89. The normalized spacial score (nSPS) is 18.8. The second kappa shape index (κ2) is 4.26. The van der Waals surface area contributed by atoms with E-state index in [1.54, 1.807) is 0 Å². The maximum Gasteiger partial charge on any atom is 0.248 e. The van der Waals surface area contributed by atoms with Crippen molar-refractivity contribution in [3.8, 4) is 0 Å². The van der Waals surface area contributed by atoms with Crippen molar-refractivity contribution in [2.75, 3.05) is 17.2 Å². The zero-order valence-corrected chi connectivity index (χ0v) is 8.91. The quantitative estimate of drug-likeness (QED) is 0.568. The first-order chi connectivity index (χ1) is 7.66. The average molecular weight is 217 g/mol. The van der Waals surface area contributed by atoms with Gasteiger partial charge < -0.3 is 16.0 Å². The van der Waals surface area contributed by atoms with Gasteiger partial charge in [-0.15, -0.1) is 0 Å². The highest BCUT2D eigenvalue weighted by Crippen LogP contribution is 2.22. The molecule has 0 spiro atoms. The van der Waals surface area contributed by atoms with Crippen LogP contribution in [0.2, 0.25) is 0 Å². The van der Waals surface area contributed by atoms with Gasteiger partial charge in [0.25, 0.3) is 0 Å². The first-order valence-corrected chi connectivity index (χ1v) is 5.07. The van der Waals surface area contributed by atoms with Gasteiger partial charge in [0.05, 0.1) is 11.4 Å². The van der Waals surface area contributed by atoms with Crippen LogP contribution in [0.3, 0.4) is 0 Å². The lowest BCUT2D eigenvalue weighted by molar-refractivity contribution is -0.117. The summed E-state index contributed by atoms with van der Waals surface area (Å²) in [6.45, 7) is 0.391. The molecule has 1 heterocycles. The van der Waals surface area contributed by atoms with Gasteiger partial charge in [-0.3, -0.25) is 9.59 Å². The molecular formula is C10H12BN3O2. The van der Waals surface area contributed by atoms with E-state index in [-0.39, 0.29) is 11.7 Å². The standard InChI is InChI=1S/C10H12BN3O2/c11-10(16)14-8-5-12-6-3-1-2-4-7(6)13-9(8)15/h1-4,8,12H,5,11H2,(H,13,15)(H,14,16)/t8-/m0/s1. The van der Waals surface area contributed by atoms with Crippen molar-refractivity contribution in [1.29, 1.82) is 0 Å². The summed E-state index contributed by atoms with van der Waals surface area (Å²) in [4.78, 5) is 22.7. The number of benzene rings is 1. The van der Waals surface area contributed by atoms with Crippen LogP contribution in [0.15, 0.2) is 24.3 Å². The van der Waals surface area contributed by atoms with Crippen molar-refractivity contribution in [1.82, 2.24) is 5.32 Å². The third-order valence-corrected chi connectivity index (χ3v) is 2.38. The summed E-state index contributed by atoms with van der Waals surface area (Å²) in [5, 5.41) is 8.47. The molecule has 0 bridgehead atoms. The van der Waals surface area contributed by atoms with Gasteiger partial charge in [-0.05, 0) is 12.1 Å². The lowest BCUT2D eigenvalue weighted by atomic mass is 10.1. The molecule has 2 rings (SSSR count). The van der Waals surface area contributed by atoms with Crippen molar-refractivity contribution in [3.63, 3.8) is 0 Å². The van der Waals surface area contributed by atoms with Gasteiger partial charge in [-0.25, -0.2) is 0 Å².